The first kappa shape index (κ1) is 10.2. The molecular weight excluding hydrogens is 136 g/mol. The fourth-order valence-electron chi connectivity index (χ4n) is 0.807. The maximum atomic E-state index is 10.9. The van der Waals surface area contributed by atoms with Gasteiger partial charge in [-0.1, -0.05) is 11.6 Å². The van der Waals surface area contributed by atoms with Gasteiger partial charge in [0.25, 0.3) is 0 Å². The second-order valence-corrected chi connectivity index (χ2v) is 2.79. The van der Waals surface area contributed by atoms with E-state index >= 15 is 0 Å². The van der Waals surface area contributed by atoms with Gasteiger partial charge in [-0.25, -0.2) is 0 Å². The quantitative estimate of drug-likeness (QED) is 0.447. The number of carbonyl (C=O) groups is 1. The monoisotopic (exact) mass is 152 g/mol. The third-order valence-corrected chi connectivity index (χ3v) is 1.89. The van der Waals surface area contributed by atoms with Crippen LogP contribution in [-0.4, -0.2) is 5.78 Å². The summed E-state index contributed by atoms with van der Waals surface area (Å²) >= 11 is 0. The number of ketones is 1. The Kier molecular flexibility index (Phi) is 4.51. The Balaban J connectivity index is 4.15. The summed E-state index contributed by atoms with van der Waals surface area (Å²) in [5.41, 5.74) is 2.07. The van der Waals surface area contributed by atoms with E-state index in [1.165, 1.54) is 5.57 Å². The highest BCUT2D eigenvalue weighted by Crippen LogP contribution is 2.10. The van der Waals surface area contributed by atoms with Gasteiger partial charge in [0.15, 0.2) is 5.78 Å². The molecule has 0 amide bonds. The second-order valence-electron chi connectivity index (χ2n) is 2.79. The molecule has 62 valence electrons. The average molecular weight is 152 g/mol. The van der Waals surface area contributed by atoms with Gasteiger partial charge in [-0.05, 0) is 39.2 Å². The highest BCUT2D eigenvalue weighted by Gasteiger charge is 2.00. The summed E-state index contributed by atoms with van der Waals surface area (Å²) in [5.74, 6) is 0.173. The molecule has 0 heterocycles. The third kappa shape index (κ3) is 3.76. The molecule has 0 aromatic carbocycles. The van der Waals surface area contributed by atoms with Crippen LogP contribution in [-0.2, 0) is 4.79 Å². The van der Waals surface area contributed by atoms with Gasteiger partial charge in [0, 0.05) is 0 Å². The molecule has 0 fully saturated rings. The fourth-order valence-corrected chi connectivity index (χ4v) is 0.807. The molecule has 0 radical (unpaired) electrons. The summed E-state index contributed by atoms with van der Waals surface area (Å²) in [4.78, 5) is 10.9. The van der Waals surface area contributed by atoms with Crippen LogP contribution in [0.4, 0.5) is 0 Å². The van der Waals surface area contributed by atoms with Gasteiger partial charge in [-0.2, -0.15) is 0 Å². The molecule has 1 nitrogen and oxygen atoms in total. The lowest BCUT2D eigenvalue weighted by Gasteiger charge is -2.01. The van der Waals surface area contributed by atoms with Crippen molar-refractivity contribution in [3.05, 3.63) is 23.8 Å². The highest BCUT2D eigenvalue weighted by atomic mass is 16.1. The van der Waals surface area contributed by atoms with E-state index in [2.05, 4.69) is 6.58 Å². The zero-order valence-corrected chi connectivity index (χ0v) is 7.61. The number of rotatable bonds is 4. The zero-order chi connectivity index (χ0) is 8.85. The van der Waals surface area contributed by atoms with Crippen LogP contribution in [0.3, 0.4) is 0 Å². The maximum Gasteiger partial charge on any atom is 0.155 e. The molecule has 0 saturated carbocycles. The molecule has 0 unspecified atom stereocenters. The molecular formula is C10H16O. The number of hydrogen-bond donors (Lipinski definition) is 0. The first-order valence-corrected chi connectivity index (χ1v) is 3.87. The molecule has 0 saturated heterocycles. The van der Waals surface area contributed by atoms with Crippen molar-refractivity contribution < 1.29 is 4.79 Å². The van der Waals surface area contributed by atoms with Gasteiger partial charge in [-0.15, -0.1) is 6.58 Å². The van der Waals surface area contributed by atoms with Crippen LogP contribution in [0.5, 0.6) is 0 Å². The standard InChI is InChI=1S/C10H16O/c1-5-6-7-8(2)9(3)10(4)11/h5H,1,6-7H2,2-4H3/b9-8-. The van der Waals surface area contributed by atoms with Crippen molar-refractivity contribution in [3.8, 4) is 0 Å². The van der Waals surface area contributed by atoms with Crippen molar-refractivity contribution >= 4 is 5.78 Å². The number of carbonyl (C=O) groups excluding carboxylic acids is 1. The predicted molar refractivity (Wildman–Crippen MR) is 48.5 cm³/mol. The summed E-state index contributed by atoms with van der Waals surface area (Å²) in [5, 5.41) is 0. The normalized spacial score (nSPS) is 12.3. The van der Waals surface area contributed by atoms with Crippen LogP contribution in [0.25, 0.3) is 0 Å². The third-order valence-electron chi connectivity index (χ3n) is 1.89. The summed E-state index contributed by atoms with van der Waals surface area (Å²) < 4.78 is 0. The Morgan fingerprint density at radius 3 is 2.27 bits per heavy atom. The molecule has 0 aromatic rings. The average Bonchev–Trinajstić information content (AvgIpc) is 1.98. The topological polar surface area (TPSA) is 17.1 Å². The van der Waals surface area contributed by atoms with E-state index in [0.717, 1.165) is 18.4 Å². The lowest BCUT2D eigenvalue weighted by molar-refractivity contribution is -0.113. The van der Waals surface area contributed by atoms with Crippen LogP contribution in [0.2, 0.25) is 0 Å². The van der Waals surface area contributed by atoms with Crippen molar-refractivity contribution in [1.82, 2.24) is 0 Å². The van der Waals surface area contributed by atoms with Crippen LogP contribution in [0, 0.1) is 0 Å². The van der Waals surface area contributed by atoms with Gasteiger partial charge in [0.2, 0.25) is 0 Å². The minimum Gasteiger partial charge on any atom is -0.295 e. The number of allylic oxidation sites excluding steroid dienone is 3. The molecule has 0 aliphatic carbocycles. The minimum absolute atomic E-state index is 0.173. The Labute approximate surface area is 68.8 Å². The van der Waals surface area contributed by atoms with Gasteiger partial charge < -0.3 is 0 Å². The second kappa shape index (κ2) is 4.89. The van der Waals surface area contributed by atoms with Gasteiger partial charge >= 0.3 is 0 Å². The van der Waals surface area contributed by atoms with Crippen molar-refractivity contribution in [2.24, 2.45) is 0 Å². The summed E-state index contributed by atoms with van der Waals surface area (Å²) in [6.07, 6.45) is 3.78. The smallest absolute Gasteiger partial charge is 0.155 e. The van der Waals surface area contributed by atoms with Crippen LogP contribution in [0.15, 0.2) is 23.8 Å². The Hall–Kier alpha value is -0.850. The van der Waals surface area contributed by atoms with Gasteiger partial charge in [0.05, 0.1) is 0 Å². The largest absolute Gasteiger partial charge is 0.295 e. The van der Waals surface area contributed by atoms with E-state index in [1.807, 2.05) is 19.9 Å². The summed E-state index contributed by atoms with van der Waals surface area (Å²) in [7, 11) is 0. The Morgan fingerprint density at radius 2 is 1.91 bits per heavy atom. The molecule has 0 aliphatic rings. The SMILES string of the molecule is C=CCC/C(C)=C(/C)C(C)=O. The number of hydrogen-bond acceptors (Lipinski definition) is 1. The van der Waals surface area contributed by atoms with Crippen molar-refractivity contribution in [1.29, 1.82) is 0 Å². The molecule has 0 bridgehead atoms. The van der Waals surface area contributed by atoms with Crippen LogP contribution >= 0.6 is 0 Å². The molecule has 0 aliphatic heterocycles. The Bertz CT molecular complexity index is 187. The first-order valence-electron chi connectivity index (χ1n) is 3.87. The summed E-state index contributed by atoms with van der Waals surface area (Å²) in [6, 6.07) is 0. The van der Waals surface area contributed by atoms with Gasteiger partial charge in [0.1, 0.15) is 0 Å². The van der Waals surface area contributed by atoms with E-state index < -0.39 is 0 Å². The van der Waals surface area contributed by atoms with E-state index in [4.69, 9.17) is 0 Å². The lowest BCUT2D eigenvalue weighted by atomic mass is 10.0. The van der Waals surface area contributed by atoms with E-state index in [9.17, 15) is 4.79 Å². The summed E-state index contributed by atoms with van der Waals surface area (Å²) in [6.45, 7) is 9.11. The molecule has 0 spiro atoms. The van der Waals surface area contributed by atoms with E-state index in [-0.39, 0.29) is 5.78 Å². The highest BCUT2D eigenvalue weighted by molar-refractivity contribution is 5.93. The molecule has 0 atom stereocenters. The van der Waals surface area contributed by atoms with Crippen molar-refractivity contribution in [2.75, 3.05) is 0 Å². The molecule has 0 N–H and O–H groups in total. The minimum atomic E-state index is 0.173. The van der Waals surface area contributed by atoms with Crippen LogP contribution < -0.4 is 0 Å². The van der Waals surface area contributed by atoms with Crippen molar-refractivity contribution in [3.63, 3.8) is 0 Å². The molecule has 0 rings (SSSR count). The van der Waals surface area contributed by atoms with Crippen LogP contribution in [0.1, 0.15) is 33.6 Å². The molecule has 11 heavy (non-hydrogen) atoms. The molecule has 1 heteroatoms. The van der Waals surface area contributed by atoms with E-state index in [1.54, 1.807) is 6.92 Å². The maximum absolute atomic E-state index is 10.9. The lowest BCUT2D eigenvalue weighted by Crippen LogP contribution is -1.95. The Morgan fingerprint density at radius 1 is 1.36 bits per heavy atom. The zero-order valence-electron chi connectivity index (χ0n) is 7.61. The molecule has 0 aromatic heterocycles. The van der Waals surface area contributed by atoms with Gasteiger partial charge in [-0.3, -0.25) is 4.79 Å². The first-order chi connectivity index (χ1) is 5.09. The number of Topliss-reactive ketones (excluding diaryl/α,β-unsaturated/α-hetero) is 1. The predicted octanol–water partition coefficient (Wildman–Crippen LogP) is 2.88. The fraction of sp³-hybridized carbons (Fsp3) is 0.500. The van der Waals surface area contributed by atoms with Crippen molar-refractivity contribution in [2.45, 2.75) is 33.6 Å². The van der Waals surface area contributed by atoms with E-state index in [0.29, 0.717) is 0 Å².